The molecule has 118 valence electrons. The minimum absolute atomic E-state index is 0.382. The fourth-order valence-corrected chi connectivity index (χ4v) is 2.63. The molecule has 0 aromatic carbocycles. The smallest absolute Gasteiger partial charge is 0.250 e. The van der Waals surface area contributed by atoms with Crippen molar-refractivity contribution in [2.75, 3.05) is 7.11 Å². The molecular formula is C17H18N4O2. The average molecular weight is 310 g/mol. The number of rotatable bonds is 5. The van der Waals surface area contributed by atoms with Crippen LogP contribution in [0, 0.1) is 0 Å². The summed E-state index contributed by atoms with van der Waals surface area (Å²) in [7, 11) is 1.64. The van der Waals surface area contributed by atoms with Crippen molar-refractivity contribution in [3.63, 3.8) is 0 Å². The van der Waals surface area contributed by atoms with Crippen molar-refractivity contribution in [1.82, 2.24) is 14.6 Å². The Morgan fingerprint density at radius 1 is 1.30 bits per heavy atom. The van der Waals surface area contributed by atoms with E-state index >= 15 is 0 Å². The molecule has 3 aromatic rings. The molecule has 2 N–H and O–H groups in total. The number of pyridine rings is 1. The van der Waals surface area contributed by atoms with Crippen molar-refractivity contribution >= 4 is 11.4 Å². The van der Waals surface area contributed by atoms with Crippen LogP contribution in [0.25, 0.3) is 16.6 Å². The molecule has 0 atom stereocenters. The van der Waals surface area contributed by atoms with Gasteiger partial charge < -0.3 is 10.5 Å². The maximum Gasteiger partial charge on any atom is 0.250 e. The molecule has 0 aliphatic rings. The lowest BCUT2D eigenvalue weighted by Crippen LogP contribution is -2.11. The van der Waals surface area contributed by atoms with E-state index < -0.39 is 5.91 Å². The Hall–Kier alpha value is -2.73. The van der Waals surface area contributed by atoms with E-state index in [2.05, 4.69) is 17.0 Å². The molecule has 0 unspecified atom stereocenters. The number of aryl methyl sites for hydroxylation is 1. The Morgan fingerprint density at radius 2 is 2.13 bits per heavy atom. The molecule has 0 spiro atoms. The van der Waals surface area contributed by atoms with Crippen molar-refractivity contribution < 1.29 is 9.53 Å². The number of nitrogens with zero attached hydrogens (tertiary/aromatic N) is 3. The molecule has 3 rings (SSSR count). The van der Waals surface area contributed by atoms with E-state index in [0.29, 0.717) is 12.2 Å². The lowest BCUT2D eigenvalue weighted by Gasteiger charge is -2.10. The number of nitrogens with two attached hydrogens (primary N) is 1. The highest BCUT2D eigenvalue weighted by molar-refractivity contribution is 5.94. The quantitative estimate of drug-likeness (QED) is 0.783. The number of fused-ring (bicyclic) bond motifs is 1. The van der Waals surface area contributed by atoms with Crippen LogP contribution in [0.15, 0.2) is 36.7 Å². The van der Waals surface area contributed by atoms with E-state index in [1.165, 1.54) is 6.20 Å². The maximum absolute atomic E-state index is 11.4. The van der Waals surface area contributed by atoms with E-state index in [1.807, 2.05) is 22.7 Å². The largest absolute Gasteiger partial charge is 0.378 e. The summed E-state index contributed by atoms with van der Waals surface area (Å²) in [5, 5.41) is 4.62. The second-order valence-electron chi connectivity index (χ2n) is 5.28. The van der Waals surface area contributed by atoms with Gasteiger partial charge in [0.05, 0.1) is 23.4 Å². The summed E-state index contributed by atoms with van der Waals surface area (Å²) >= 11 is 0. The maximum atomic E-state index is 11.4. The summed E-state index contributed by atoms with van der Waals surface area (Å²) in [6, 6.07) is 7.78. The van der Waals surface area contributed by atoms with Gasteiger partial charge in [-0.25, -0.2) is 4.52 Å². The van der Waals surface area contributed by atoms with Gasteiger partial charge in [0.25, 0.3) is 0 Å². The SMILES string of the molecule is CCc1ccc2c(-c3cncc(C(N)=O)c3)cc(COC)nn12. The lowest BCUT2D eigenvalue weighted by atomic mass is 10.1. The number of hydrogen-bond acceptors (Lipinski definition) is 4. The summed E-state index contributed by atoms with van der Waals surface area (Å²) in [5.74, 6) is -0.494. The number of primary amides is 1. The second kappa shape index (κ2) is 6.18. The highest BCUT2D eigenvalue weighted by Crippen LogP contribution is 2.27. The zero-order chi connectivity index (χ0) is 16.4. The van der Waals surface area contributed by atoms with Crippen LogP contribution in [0.5, 0.6) is 0 Å². The molecule has 23 heavy (non-hydrogen) atoms. The van der Waals surface area contributed by atoms with Gasteiger partial charge in [0.1, 0.15) is 0 Å². The molecule has 1 amide bonds. The zero-order valence-electron chi connectivity index (χ0n) is 13.1. The predicted molar refractivity (Wildman–Crippen MR) is 87.0 cm³/mol. The standard InChI is InChI=1S/C17H18N4O2/c1-3-14-4-5-16-15(7-13(10-23-2)20-21(14)16)11-6-12(17(18)22)9-19-8-11/h4-9H,3,10H2,1-2H3,(H2,18,22). The predicted octanol–water partition coefficient (Wildman–Crippen LogP) is 2.20. The van der Waals surface area contributed by atoms with E-state index in [9.17, 15) is 4.79 Å². The van der Waals surface area contributed by atoms with E-state index in [4.69, 9.17) is 10.5 Å². The first kappa shape index (κ1) is 15.2. The third-order valence-electron chi connectivity index (χ3n) is 3.74. The number of methoxy groups -OCH3 is 1. The molecule has 6 nitrogen and oxygen atoms in total. The molecule has 3 aromatic heterocycles. The number of hydrogen-bond donors (Lipinski definition) is 1. The molecule has 0 bridgehead atoms. The van der Waals surface area contributed by atoms with Crippen LogP contribution in [0.1, 0.15) is 28.7 Å². The average Bonchev–Trinajstić information content (AvgIpc) is 2.97. The molecule has 0 saturated carbocycles. The third-order valence-corrected chi connectivity index (χ3v) is 3.74. The van der Waals surface area contributed by atoms with Gasteiger partial charge in [-0.15, -0.1) is 0 Å². The van der Waals surface area contributed by atoms with Crippen LogP contribution < -0.4 is 5.73 Å². The Balaban J connectivity index is 2.25. The topological polar surface area (TPSA) is 82.5 Å². The van der Waals surface area contributed by atoms with Gasteiger partial charge >= 0.3 is 0 Å². The molecule has 0 aliphatic carbocycles. The number of carbonyl (C=O) groups is 1. The number of aromatic nitrogens is 3. The van der Waals surface area contributed by atoms with Crippen molar-refractivity contribution in [2.45, 2.75) is 20.0 Å². The van der Waals surface area contributed by atoms with Gasteiger partial charge in [0.15, 0.2) is 0 Å². The normalized spacial score (nSPS) is 11.0. The van der Waals surface area contributed by atoms with Gasteiger partial charge in [-0.1, -0.05) is 6.92 Å². The molecule has 0 fully saturated rings. The Kier molecular flexibility index (Phi) is 4.08. The number of amides is 1. The molecular weight excluding hydrogens is 292 g/mol. The van der Waals surface area contributed by atoms with E-state index in [0.717, 1.165) is 34.5 Å². The van der Waals surface area contributed by atoms with Crippen LogP contribution in [0.4, 0.5) is 0 Å². The summed E-state index contributed by atoms with van der Waals surface area (Å²) in [6.07, 6.45) is 4.06. The Bertz CT molecular complexity index is 870. The van der Waals surface area contributed by atoms with Gasteiger partial charge in [-0.05, 0) is 30.7 Å². The van der Waals surface area contributed by atoms with Crippen LogP contribution in [-0.2, 0) is 17.8 Å². The molecule has 0 saturated heterocycles. The van der Waals surface area contributed by atoms with Crippen LogP contribution in [0.3, 0.4) is 0 Å². The van der Waals surface area contributed by atoms with Gasteiger partial charge in [-0.3, -0.25) is 9.78 Å². The Labute approximate surface area is 133 Å². The van der Waals surface area contributed by atoms with Gasteiger partial charge in [-0.2, -0.15) is 5.10 Å². The summed E-state index contributed by atoms with van der Waals surface area (Å²) < 4.78 is 7.13. The molecule has 0 radical (unpaired) electrons. The zero-order valence-corrected chi connectivity index (χ0v) is 13.1. The van der Waals surface area contributed by atoms with E-state index in [-0.39, 0.29) is 0 Å². The van der Waals surface area contributed by atoms with Crippen molar-refractivity contribution in [3.8, 4) is 11.1 Å². The highest BCUT2D eigenvalue weighted by atomic mass is 16.5. The van der Waals surface area contributed by atoms with Crippen molar-refractivity contribution in [1.29, 1.82) is 0 Å². The van der Waals surface area contributed by atoms with Crippen molar-refractivity contribution in [3.05, 3.63) is 53.6 Å². The van der Waals surface area contributed by atoms with Crippen LogP contribution in [-0.4, -0.2) is 27.6 Å². The van der Waals surface area contributed by atoms with E-state index in [1.54, 1.807) is 19.4 Å². The summed E-state index contributed by atoms with van der Waals surface area (Å²) in [5.41, 5.74) is 10.4. The lowest BCUT2D eigenvalue weighted by molar-refractivity contribution is 0.1000. The molecule has 0 aliphatic heterocycles. The minimum Gasteiger partial charge on any atom is -0.378 e. The first-order chi connectivity index (χ1) is 11.1. The van der Waals surface area contributed by atoms with Crippen molar-refractivity contribution in [2.24, 2.45) is 5.73 Å². The second-order valence-corrected chi connectivity index (χ2v) is 5.28. The third kappa shape index (κ3) is 2.80. The molecule has 3 heterocycles. The van der Waals surface area contributed by atoms with Gasteiger partial charge in [0.2, 0.25) is 5.91 Å². The van der Waals surface area contributed by atoms with Crippen LogP contribution >= 0.6 is 0 Å². The van der Waals surface area contributed by atoms with Gasteiger partial charge in [0, 0.05) is 36.3 Å². The summed E-state index contributed by atoms with van der Waals surface area (Å²) in [4.78, 5) is 15.5. The minimum atomic E-state index is -0.494. The first-order valence-electron chi connectivity index (χ1n) is 7.38. The summed E-state index contributed by atoms with van der Waals surface area (Å²) in [6.45, 7) is 2.49. The fourth-order valence-electron chi connectivity index (χ4n) is 2.63. The highest BCUT2D eigenvalue weighted by Gasteiger charge is 2.12. The first-order valence-corrected chi connectivity index (χ1v) is 7.38. The number of ether oxygens (including phenoxy) is 1. The van der Waals surface area contributed by atoms with Crippen LogP contribution in [0.2, 0.25) is 0 Å². The number of carbonyl (C=O) groups excluding carboxylic acids is 1. The Morgan fingerprint density at radius 3 is 2.83 bits per heavy atom. The molecule has 6 heteroatoms. The monoisotopic (exact) mass is 310 g/mol. The fraction of sp³-hybridized carbons (Fsp3) is 0.235.